The van der Waals surface area contributed by atoms with Crippen LogP contribution in [0.1, 0.15) is 23.8 Å². The molecule has 1 saturated heterocycles. The molecule has 2 heterocycles. The normalized spacial score (nSPS) is 26.4. The summed E-state index contributed by atoms with van der Waals surface area (Å²) in [6, 6.07) is 0. The number of ketones is 1. The molecule has 2 rings (SSSR count). The molecule has 0 spiro atoms. The van der Waals surface area contributed by atoms with E-state index in [1.54, 1.807) is 6.20 Å². The van der Waals surface area contributed by atoms with Crippen LogP contribution in [0.25, 0.3) is 0 Å². The Balaban J connectivity index is 2.10. The van der Waals surface area contributed by atoms with Crippen molar-refractivity contribution in [1.29, 1.82) is 0 Å². The van der Waals surface area contributed by atoms with Crippen molar-refractivity contribution in [2.75, 3.05) is 6.61 Å². The Kier molecular flexibility index (Phi) is 2.54. The van der Waals surface area contributed by atoms with Gasteiger partial charge in [0.2, 0.25) is 0 Å². The third-order valence-electron chi connectivity index (χ3n) is 2.38. The molecule has 14 heavy (non-hydrogen) atoms. The summed E-state index contributed by atoms with van der Waals surface area (Å²) < 4.78 is 5.34. The fraction of sp³-hybridized carbons (Fsp3) is 0.500. The second kappa shape index (κ2) is 3.84. The zero-order valence-electron chi connectivity index (χ0n) is 8.01. The molecule has 4 nitrogen and oxygen atoms in total. The summed E-state index contributed by atoms with van der Waals surface area (Å²) in [6.45, 7) is 2.49. The van der Waals surface area contributed by atoms with E-state index in [1.807, 2.05) is 6.92 Å². The van der Waals surface area contributed by atoms with Gasteiger partial charge in [-0.1, -0.05) is 0 Å². The summed E-state index contributed by atoms with van der Waals surface area (Å²) in [5, 5.41) is 0. The van der Waals surface area contributed by atoms with Crippen molar-refractivity contribution in [2.24, 2.45) is 5.92 Å². The van der Waals surface area contributed by atoms with E-state index in [0.717, 1.165) is 6.42 Å². The Morgan fingerprint density at radius 3 is 3.00 bits per heavy atom. The molecule has 0 aromatic carbocycles. The monoisotopic (exact) mass is 192 g/mol. The second-order valence-corrected chi connectivity index (χ2v) is 3.53. The van der Waals surface area contributed by atoms with Crippen LogP contribution in [0.5, 0.6) is 0 Å². The molecule has 2 unspecified atom stereocenters. The van der Waals surface area contributed by atoms with Gasteiger partial charge in [0.1, 0.15) is 5.69 Å². The van der Waals surface area contributed by atoms with E-state index in [9.17, 15) is 4.79 Å². The Morgan fingerprint density at radius 2 is 2.43 bits per heavy atom. The van der Waals surface area contributed by atoms with Crippen LogP contribution in [-0.4, -0.2) is 28.5 Å². The van der Waals surface area contributed by atoms with Crippen LogP contribution in [0.4, 0.5) is 0 Å². The average Bonchev–Trinajstić information content (AvgIpc) is 2.65. The number of aromatic nitrogens is 2. The van der Waals surface area contributed by atoms with Gasteiger partial charge in [-0.2, -0.15) is 0 Å². The molecule has 0 radical (unpaired) electrons. The number of carbonyl (C=O) groups excluding carboxylic acids is 1. The summed E-state index contributed by atoms with van der Waals surface area (Å²) in [6.07, 6.45) is 5.57. The first-order chi connectivity index (χ1) is 6.77. The highest BCUT2D eigenvalue weighted by molar-refractivity contribution is 5.96. The van der Waals surface area contributed by atoms with E-state index in [2.05, 4.69) is 9.97 Å². The Hall–Kier alpha value is -1.29. The van der Waals surface area contributed by atoms with E-state index in [1.165, 1.54) is 12.4 Å². The topological polar surface area (TPSA) is 52.1 Å². The molecule has 0 aliphatic carbocycles. The van der Waals surface area contributed by atoms with Crippen molar-refractivity contribution >= 4 is 5.78 Å². The summed E-state index contributed by atoms with van der Waals surface area (Å²) >= 11 is 0. The molecule has 0 amide bonds. The van der Waals surface area contributed by atoms with Crippen LogP contribution >= 0.6 is 0 Å². The van der Waals surface area contributed by atoms with Crippen LogP contribution in [0, 0.1) is 5.92 Å². The van der Waals surface area contributed by atoms with Crippen molar-refractivity contribution in [3.8, 4) is 0 Å². The number of hydrogen-bond donors (Lipinski definition) is 0. The fourth-order valence-electron chi connectivity index (χ4n) is 1.64. The van der Waals surface area contributed by atoms with Gasteiger partial charge in [0.05, 0.1) is 18.9 Å². The van der Waals surface area contributed by atoms with Crippen LogP contribution < -0.4 is 0 Å². The number of rotatable bonds is 2. The molecular weight excluding hydrogens is 180 g/mol. The minimum Gasteiger partial charge on any atom is -0.378 e. The first kappa shape index (κ1) is 9.27. The largest absolute Gasteiger partial charge is 0.378 e. The maximum absolute atomic E-state index is 11.8. The van der Waals surface area contributed by atoms with Gasteiger partial charge in [0.15, 0.2) is 5.78 Å². The summed E-state index contributed by atoms with van der Waals surface area (Å²) in [4.78, 5) is 19.7. The highest BCUT2D eigenvalue weighted by Gasteiger charge is 2.29. The molecule has 0 saturated carbocycles. The van der Waals surface area contributed by atoms with E-state index in [0.29, 0.717) is 12.3 Å². The van der Waals surface area contributed by atoms with Gasteiger partial charge in [-0.15, -0.1) is 0 Å². The third kappa shape index (κ3) is 1.80. The Morgan fingerprint density at radius 1 is 1.57 bits per heavy atom. The molecule has 2 atom stereocenters. The van der Waals surface area contributed by atoms with Crippen LogP contribution in [-0.2, 0) is 4.74 Å². The zero-order valence-corrected chi connectivity index (χ0v) is 8.01. The van der Waals surface area contributed by atoms with Crippen LogP contribution in [0.2, 0.25) is 0 Å². The van der Waals surface area contributed by atoms with Crippen LogP contribution in [0.3, 0.4) is 0 Å². The number of ether oxygens (including phenoxy) is 1. The number of carbonyl (C=O) groups is 1. The fourth-order valence-corrected chi connectivity index (χ4v) is 1.64. The number of hydrogen-bond acceptors (Lipinski definition) is 4. The van der Waals surface area contributed by atoms with Crippen molar-refractivity contribution in [3.05, 3.63) is 24.3 Å². The van der Waals surface area contributed by atoms with E-state index in [4.69, 9.17) is 4.74 Å². The molecule has 4 heteroatoms. The summed E-state index contributed by atoms with van der Waals surface area (Å²) in [5.41, 5.74) is 0.440. The molecule has 74 valence electrons. The molecule has 0 N–H and O–H groups in total. The molecular formula is C10H12N2O2. The van der Waals surface area contributed by atoms with Gasteiger partial charge in [-0.25, -0.2) is 4.98 Å². The lowest BCUT2D eigenvalue weighted by Gasteiger charge is -2.04. The van der Waals surface area contributed by atoms with Gasteiger partial charge in [0, 0.05) is 18.3 Å². The highest BCUT2D eigenvalue weighted by atomic mass is 16.5. The molecule has 1 aliphatic rings. The predicted octanol–water partition coefficient (Wildman–Crippen LogP) is 1.08. The first-order valence-electron chi connectivity index (χ1n) is 4.69. The van der Waals surface area contributed by atoms with Crippen molar-refractivity contribution < 1.29 is 9.53 Å². The maximum atomic E-state index is 11.8. The smallest absolute Gasteiger partial charge is 0.188 e. The van der Waals surface area contributed by atoms with Gasteiger partial charge in [-0.05, 0) is 13.3 Å². The van der Waals surface area contributed by atoms with Gasteiger partial charge < -0.3 is 4.74 Å². The van der Waals surface area contributed by atoms with Gasteiger partial charge in [0.25, 0.3) is 0 Å². The standard InChI is InChI=1S/C10H12N2O2/c1-7-4-8(6-14-7)10(13)9-5-11-2-3-12-9/h2-3,5,7-8H,4,6H2,1H3. The molecule has 1 aliphatic heterocycles. The molecule has 1 aromatic rings. The molecule has 1 fully saturated rings. The zero-order chi connectivity index (χ0) is 9.97. The van der Waals surface area contributed by atoms with Gasteiger partial charge >= 0.3 is 0 Å². The minimum atomic E-state index is -0.0401. The summed E-state index contributed by atoms with van der Waals surface area (Å²) in [5.74, 6) is 0.00384. The van der Waals surface area contributed by atoms with Crippen LogP contribution in [0.15, 0.2) is 18.6 Å². The third-order valence-corrected chi connectivity index (χ3v) is 2.38. The summed E-state index contributed by atoms with van der Waals surface area (Å²) in [7, 11) is 0. The lowest BCUT2D eigenvalue weighted by atomic mass is 9.99. The molecule has 1 aromatic heterocycles. The Labute approximate surface area is 82.3 Å². The van der Waals surface area contributed by atoms with E-state index >= 15 is 0 Å². The lowest BCUT2D eigenvalue weighted by molar-refractivity contribution is 0.0872. The molecule has 0 bridgehead atoms. The minimum absolute atomic E-state index is 0.0401. The first-order valence-corrected chi connectivity index (χ1v) is 4.69. The van der Waals surface area contributed by atoms with Gasteiger partial charge in [-0.3, -0.25) is 9.78 Å². The quantitative estimate of drug-likeness (QED) is 0.658. The van der Waals surface area contributed by atoms with Crippen molar-refractivity contribution in [1.82, 2.24) is 9.97 Å². The van der Waals surface area contributed by atoms with Crippen molar-refractivity contribution in [3.63, 3.8) is 0 Å². The lowest BCUT2D eigenvalue weighted by Crippen LogP contribution is -2.16. The predicted molar refractivity (Wildman–Crippen MR) is 49.9 cm³/mol. The number of nitrogens with zero attached hydrogens (tertiary/aromatic N) is 2. The Bertz CT molecular complexity index is 326. The van der Waals surface area contributed by atoms with E-state index < -0.39 is 0 Å². The van der Waals surface area contributed by atoms with Crippen molar-refractivity contribution in [2.45, 2.75) is 19.4 Å². The average molecular weight is 192 g/mol. The second-order valence-electron chi connectivity index (χ2n) is 3.53. The maximum Gasteiger partial charge on any atom is 0.188 e. The SMILES string of the molecule is CC1CC(C(=O)c2cnccn2)CO1. The van der Waals surface area contributed by atoms with E-state index in [-0.39, 0.29) is 17.8 Å². The highest BCUT2D eigenvalue weighted by Crippen LogP contribution is 2.21. The number of Topliss-reactive ketones (excluding diaryl/α,β-unsaturated/α-hetero) is 1.